The van der Waals surface area contributed by atoms with Gasteiger partial charge in [-0.05, 0) is 29.8 Å². The monoisotopic (exact) mass is 358 g/mol. The van der Waals surface area contributed by atoms with E-state index in [2.05, 4.69) is 10.6 Å². The fourth-order valence-corrected chi connectivity index (χ4v) is 3.37. The van der Waals surface area contributed by atoms with Crippen LogP contribution in [0.4, 0.5) is 5.69 Å². The van der Waals surface area contributed by atoms with Gasteiger partial charge in [-0.25, -0.2) is 8.42 Å². The molecule has 3 rings (SSSR count). The summed E-state index contributed by atoms with van der Waals surface area (Å²) >= 11 is 0. The third kappa shape index (κ3) is 3.58. The van der Waals surface area contributed by atoms with Crippen LogP contribution in [0.1, 0.15) is 36.6 Å². The molecule has 2 N–H and O–H groups in total. The summed E-state index contributed by atoms with van der Waals surface area (Å²) in [6.45, 7) is 0. The van der Waals surface area contributed by atoms with Crippen LogP contribution < -0.4 is 10.6 Å². The van der Waals surface area contributed by atoms with Crippen LogP contribution in [-0.4, -0.2) is 32.4 Å². The Morgan fingerprint density at radius 2 is 1.72 bits per heavy atom. The van der Waals surface area contributed by atoms with Crippen molar-refractivity contribution in [3.8, 4) is 0 Å². The van der Waals surface area contributed by atoms with Crippen LogP contribution in [0.2, 0.25) is 0 Å². The van der Waals surface area contributed by atoms with E-state index in [9.17, 15) is 22.8 Å². The summed E-state index contributed by atoms with van der Waals surface area (Å²) in [5.74, 6) is -1.63. The normalized spacial score (nSPS) is 13.3. The Morgan fingerprint density at radius 1 is 1.04 bits per heavy atom. The van der Waals surface area contributed by atoms with E-state index in [0.29, 0.717) is 11.1 Å². The molecular weight excluding hydrogens is 344 g/mol. The van der Waals surface area contributed by atoms with Gasteiger partial charge >= 0.3 is 0 Å². The van der Waals surface area contributed by atoms with Gasteiger partial charge in [0.1, 0.15) is 0 Å². The molecule has 0 saturated heterocycles. The predicted octanol–water partition coefficient (Wildman–Crippen LogP) is 1.37. The number of benzene rings is 2. The Kier molecular flexibility index (Phi) is 4.13. The van der Waals surface area contributed by atoms with Gasteiger partial charge in [0.25, 0.3) is 17.7 Å². The highest BCUT2D eigenvalue weighted by atomic mass is 32.2. The van der Waals surface area contributed by atoms with Crippen molar-refractivity contribution in [1.29, 1.82) is 0 Å². The molecule has 3 amide bonds. The lowest BCUT2D eigenvalue weighted by Crippen LogP contribution is -2.20. The highest BCUT2D eigenvalue weighted by Crippen LogP contribution is 2.24. The number of fused-ring (bicyclic) bond motifs is 1. The van der Waals surface area contributed by atoms with E-state index < -0.39 is 27.6 Å². The molecule has 0 bridgehead atoms. The van der Waals surface area contributed by atoms with Crippen molar-refractivity contribution in [2.45, 2.75) is 5.75 Å². The molecule has 1 aliphatic heterocycles. The molecule has 0 spiro atoms. The standard InChI is InChI=1S/C17H14N2O5S/c1-25(23,24)9-10-5-7-11(8-6-10)15(20)18-13-4-2-3-12-14(13)17(22)19-16(12)21/h2-8H,9H2,1H3,(H,18,20)(H,19,21,22). The number of carbonyl (C=O) groups excluding carboxylic acids is 3. The van der Waals surface area contributed by atoms with Crippen LogP contribution >= 0.6 is 0 Å². The third-order valence-electron chi connectivity index (χ3n) is 3.66. The fraction of sp³-hybridized carbons (Fsp3) is 0.118. The molecule has 0 fully saturated rings. The quantitative estimate of drug-likeness (QED) is 0.802. The Morgan fingerprint density at radius 3 is 2.36 bits per heavy atom. The maximum Gasteiger partial charge on any atom is 0.261 e. The minimum absolute atomic E-state index is 0.108. The van der Waals surface area contributed by atoms with Crippen LogP contribution in [0.15, 0.2) is 42.5 Å². The molecule has 0 radical (unpaired) electrons. The number of sulfone groups is 1. The maximum atomic E-state index is 12.4. The number of imide groups is 1. The van der Waals surface area contributed by atoms with Gasteiger partial charge in [0.15, 0.2) is 9.84 Å². The highest BCUT2D eigenvalue weighted by Gasteiger charge is 2.29. The minimum atomic E-state index is -3.15. The number of amides is 3. The van der Waals surface area contributed by atoms with Gasteiger partial charge in [0.2, 0.25) is 0 Å². The lowest BCUT2D eigenvalue weighted by Gasteiger charge is -2.09. The summed E-state index contributed by atoms with van der Waals surface area (Å²) < 4.78 is 22.6. The van der Waals surface area contributed by atoms with Crippen LogP contribution in [0.5, 0.6) is 0 Å². The summed E-state index contributed by atoms with van der Waals surface area (Å²) in [7, 11) is -3.15. The molecule has 128 valence electrons. The average molecular weight is 358 g/mol. The fourth-order valence-electron chi connectivity index (χ4n) is 2.57. The number of hydrogen-bond donors (Lipinski definition) is 2. The molecule has 2 aromatic carbocycles. The van der Waals surface area contributed by atoms with Gasteiger partial charge in [-0.1, -0.05) is 18.2 Å². The van der Waals surface area contributed by atoms with Crippen molar-refractivity contribution < 1.29 is 22.8 Å². The molecule has 7 nitrogen and oxygen atoms in total. The molecular formula is C17H14N2O5S. The van der Waals surface area contributed by atoms with Gasteiger partial charge in [-0.3, -0.25) is 19.7 Å². The Hall–Kier alpha value is -3.00. The van der Waals surface area contributed by atoms with Crippen molar-refractivity contribution in [3.05, 3.63) is 64.7 Å². The van der Waals surface area contributed by atoms with Gasteiger partial charge in [0.05, 0.1) is 22.6 Å². The van der Waals surface area contributed by atoms with Gasteiger partial charge < -0.3 is 5.32 Å². The first kappa shape index (κ1) is 16.8. The lowest BCUT2D eigenvalue weighted by molar-refractivity contribution is 0.0879. The largest absolute Gasteiger partial charge is 0.321 e. The van der Waals surface area contributed by atoms with E-state index in [1.807, 2.05) is 0 Å². The Balaban J connectivity index is 1.82. The van der Waals surface area contributed by atoms with Gasteiger partial charge in [-0.2, -0.15) is 0 Å². The number of rotatable bonds is 4. The summed E-state index contributed by atoms with van der Waals surface area (Å²) in [5, 5.41) is 4.79. The molecule has 0 unspecified atom stereocenters. The first-order chi connectivity index (χ1) is 11.7. The number of carbonyl (C=O) groups is 3. The zero-order chi connectivity index (χ0) is 18.2. The van der Waals surface area contributed by atoms with Gasteiger partial charge in [0, 0.05) is 11.8 Å². The van der Waals surface area contributed by atoms with Crippen LogP contribution in [0, 0.1) is 0 Å². The molecule has 1 aliphatic rings. The molecule has 0 aliphatic carbocycles. The molecule has 0 atom stereocenters. The number of nitrogens with one attached hydrogen (secondary N) is 2. The number of anilines is 1. The second-order valence-corrected chi connectivity index (χ2v) is 7.87. The summed E-state index contributed by atoms with van der Waals surface area (Å²) in [6, 6.07) is 10.7. The zero-order valence-corrected chi connectivity index (χ0v) is 14.0. The molecule has 25 heavy (non-hydrogen) atoms. The molecule has 0 saturated carbocycles. The smallest absolute Gasteiger partial charge is 0.261 e. The second kappa shape index (κ2) is 6.14. The Labute approximate surface area is 144 Å². The first-order valence-corrected chi connectivity index (χ1v) is 9.37. The van der Waals surface area contributed by atoms with Crippen molar-refractivity contribution in [2.24, 2.45) is 0 Å². The van der Waals surface area contributed by atoms with Crippen LogP contribution in [0.3, 0.4) is 0 Å². The highest BCUT2D eigenvalue weighted by molar-refractivity contribution is 7.89. The van der Waals surface area contributed by atoms with Crippen LogP contribution in [-0.2, 0) is 15.6 Å². The Bertz CT molecular complexity index is 994. The molecule has 2 aromatic rings. The van der Waals surface area contributed by atoms with Crippen molar-refractivity contribution in [2.75, 3.05) is 11.6 Å². The van der Waals surface area contributed by atoms with E-state index in [0.717, 1.165) is 6.26 Å². The van der Waals surface area contributed by atoms with Crippen molar-refractivity contribution in [1.82, 2.24) is 5.32 Å². The molecule has 8 heteroatoms. The van der Waals surface area contributed by atoms with Crippen LogP contribution in [0.25, 0.3) is 0 Å². The summed E-state index contributed by atoms with van der Waals surface area (Å²) in [4.78, 5) is 35.8. The SMILES string of the molecule is CS(=O)(=O)Cc1ccc(C(=O)Nc2cccc3c2C(=O)NC3=O)cc1. The second-order valence-electron chi connectivity index (χ2n) is 5.73. The summed E-state index contributed by atoms with van der Waals surface area (Å²) in [6.07, 6.45) is 1.13. The van der Waals surface area contributed by atoms with Crippen molar-refractivity contribution in [3.63, 3.8) is 0 Å². The van der Waals surface area contributed by atoms with E-state index in [4.69, 9.17) is 0 Å². The minimum Gasteiger partial charge on any atom is -0.321 e. The third-order valence-corrected chi connectivity index (χ3v) is 4.51. The van der Waals surface area contributed by atoms with E-state index in [1.165, 1.54) is 24.3 Å². The van der Waals surface area contributed by atoms with E-state index in [1.54, 1.807) is 18.2 Å². The average Bonchev–Trinajstić information content (AvgIpc) is 2.82. The van der Waals surface area contributed by atoms with E-state index >= 15 is 0 Å². The van der Waals surface area contributed by atoms with E-state index in [-0.39, 0.29) is 22.6 Å². The first-order valence-electron chi connectivity index (χ1n) is 7.31. The topological polar surface area (TPSA) is 109 Å². The van der Waals surface area contributed by atoms with Crippen molar-refractivity contribution >= 4 is 33.2 Å². The van der Waals surface area contributed by atoms with Gasteiger partial charge in [-0.15, -0.1) is 0 Å². The number of hydrogen-bond acceptors (Lipinski definition) is 5. The molecule has 0 aromatic heterocycles. The lowest BCUT2D eigenvalue weighted by atomic mass is 10.1. The predicted molar refractivity (Wildman–Crippen MR) is 91.2 cm³/mol. The molecule has 1 heterocycles. The maximum absolute atomic E-state index is 12.4. The zero-order valence-electron chi connectivity index (χ0n) is 13.2. The summed E-state index contributed by atoms with van der Waals surface area (Å²) in [5.41, 5.74) is 1.47.